The van der Waals surface area contributed by atoms with Crippen LogP contribution >= 0.6 is 11.8 Å². The average molecular weight is 350 g/mol. The van der Waals surface area contributed by atoms with Crippen LogP contribution in [0.25, 0.3) is 6.08 Å². The van der Waals surface area contributed by atoms with Gasteiger partial charge in [-0.05, 0) is 41.1 Å². The van der Waals surface area contributed by atoms with Gasteiger partial charge < -0.3 is 10.1 Å². The first-order valence-electron chi connectivity index (χ1n) is 7.84. The van der Waals surface area contributed by atoms with E-state index in [-0.39, 0.29) is 5.91 Å². The van der Waals surface area contributed by atoms with Crippen molar-refractivity contribution < 1.29 is 9.53 Å². The van der Waals surface area contributed by atoms with Crippen molar-refractivity contribution in [1.82, 2.24) is 5.32 Å². The molecule has 0 saturated carbocycles. The fourth-order valence-electron chi connectivity index (χ4n) is 2.26. The number of allylic oxidation sites excluding steroid dienone is 2. The van der Waals surface area contributed by atoms with Gasteiger partial charge in [0.1, 0.15) is 5.75 Å². The summed E-state index contributed by atoms with van der Waals surface area (Å²) in [5.41, 5.74) is 2.12. The van der Waals surface area contributed by atoms with Gasteiger partial charge in [0.05, 0.1) is 18.6 Å². The van der Waals surface area contributed by atoms with Crippen LogP contribution < -0.4 is 10.1 Å². The van der Waals surface area contributed by atoms with Crippen LogP contribution in [0.4, 0.5) is 0 Å². The molecule has 1 amide bonds. The van der Waals surface area contributed by atoms with Gasteiger partial charge >= 0.3 is 0 Å². The summed E-state index contributed by atoms with van der Waals surface area (Å²) in [6.45, 7) is 0.493. The number of aliphatic imine (C=N–C) groups is 1. The summed E-state index contributed by atoms with van der Waals surface area (Å²) >= 11 is 1.35. The number of carbonyl (C=O) groups excluding carboxylic acids is 1. The maximum absolute atomic E-state index is 12.0. The van der Waals surface area contributed by atoms with E-state index in [4.69, 9.17) is 4.74 Å². The molecular weight excluding hydrogens is 332 g/mol. The summed E-state index contributed by atoms with van der Waals surface area (Å²) in [6.07, 6.45) is 5.65. The largest absolute Gasteiger partial charge is 0.497 e. The number of amidine groups is 1. The van der Waals surface area contributed by atoms with Gasteiger partial charge in [-0.15, -0.1) is 0 Å². The molecule has 1 aliphatic rings. The topological polar surface area (TPSA) is 50.7 Å². The average Bonchev–Trinajstić information content (AvgIpc) is 3.01. The van der Waals surface area contributed by atoms with Crippen LogP contribution in [0.15, 0.2) is 76.6 Å². The molecule has 4 nitrogen and oxygen atoms in total. The monoisotopic (exact) mass is 350 g/mol. The van der Waals surface area contributed by atoms with E-state index in [1.165, 1.54) is 11.8 Å². The van der Waals surface area contributed by atoms with E-state index in [0.717, 1.165) is 16.9 Å². The Labute approximate surface area is 151 Å². The summed E-state index contributed by atoms with van der Waals surface area (Å²) in [4.78, 5) is 17.1. The number of hydrogen-bond donors (Lipinski definition) is 1. The Kier molecular flexibility index (Phi) is 5.69. The number of rotatable bonds is 5. The van der Waals surface area contributed by atoms with Crippen molar-refractivity contribution in [2.45, 2.75) is 6.54 Å². The SMILES string of the molecule is COc1cccc(CN=C2NC(=O)C(=CC=Cc3ccccc3)S2)c1. The second-order valence-corrected chi connectivity index (χ2v) is 6.36. The van der Waals surface area contributed by atoms with E-state index in [1.807, 2.05) is 66.7 Å². The van der Waals surface area contributed by atoms with Gasteiger partial charge in [-0.1, -0.05) is 54.6 Å². The molecule has 1 N–H and O–H groups in total. The zero-order chi connectivity index (χ0) is 17.5. The first-order chi connectivity index (χ1) is 12.2. The number of nitrogens with zero attached hydrogens (tertiary/aromatic N) is 1. The van der Waals surface area contributed by atoms with E-state index in [2.05, 4.69) is 10.3 Å². The highest BCUT2D eigenvalue weighted by molar-refractivity contribution is 8.18. The molecule has 1 saturated heterocycles. The number of methoxy groups -OCH3 is 1. The number of benzene rings is 2. The third-order valence-corrected chi connectivity index (χ3v) is 4.49. The van der Waals surface area contributed by atoms with Gasteiger partial charge in [-0.2, -0.15) is 0 Å². The van der Waals surface area contributed by atoms with E-state index in [9.17, 15) is 4.79 Å². The van der Waals surface area contributed by atoms with Gasteiger partial charge in [-0.3, -0.25) is 9.79 Å². The molecule has 1 fully saturated rings. The van der Waals surface area contributed by atoms with Crippen molar-refractivity contribution in [3.63, 3.8) is 0 Å². The van der Waals surface area contributed by atoms with E-state index in [0.29, 0.717) is 16.6 Å². The van der Waals surface area contributed by atoms with Crippen molar-refractivity contribution in [2.75, 3.05) is 7.11 Å². The second-order valence-electron chi connectivity index (χ2n) is 5.33. The summed E-state index contributed by atoms with van der Waals surface area (Å²) in [6, 6.07) is 17.7. The van der Waals surface area contributed by atoms with E-state index < -0.39 is 0 Å². The van der Waals surface area contributed by atoms with Gasteiger partial charge in [-0.25, -0.2) is 0 Å². The molecule has 25 heavy (non-hydrogen) atoms. The standard InChI is InChI=1S/C20H18N2O2S/c1-24-17-11-5-10-16(13-17)14-21-20-22-19(23)18(25-20)12-6-9-15-7-3-2-4-8-15/h2-13H,14H2,1H3,(H,21,22,23). The third-order valence-electron chi connectivity index (χ3n) is 3.53. The fraction of sp³-hybridized carbons (Fsp3) is 0.100. The molecule has 0 spiro atoms. The summed E-state index contributed by atoms with van der Waals surface area (Å²) in [5.74, 6) is 0.680. The molecule has 126 valence electrons. The van der Waals surface area contributed by atoms with Crippen LogP contribution in [0, 0.1) is 0 Å². The molecule has 2 aromatic carbocycles. The molecular formula is C20H18N2O2S. The first kappa shape index (κ1) is 17.0. The number of thioether (sulfide) groups is 1. The Balaban J connectivity index is 1.63. The van der Waals surface area contributed by atoms with Crippen LogP contribution in [0.1, 0.15) is 11.1 Å². The molecule has 0 unspecified atom stereocenters. The molecule has 0 bridgehead atoms. The molecule has 1 heterocycles. The van der Waals surface area contributed by atoms with Crippen molar-refractivity contribution in [1.29, 1.82) is 0 Å². The van der Waals surface area contributed by atoms with Gasteiger partial charge in [0, 0.05) is 0 Å². The number of nitrogens with one attached hydrogen (secondary N) is 1. The fourth-order valence-corrected chi connectivity index (χ4v) is 3.03. The van der Waals surface area contributed by atoms with Crippen LogP contribution in [0.5, 0.6) is 5.75 Å². The smallest absolute Gasteiger partial charge is 0.264 e. The number of amides is 1. The summed E-state index contributed by atoms with van der Waals surface area (Å²) < 4.78 is 5.20. The molecule has 1 aliphatic heterocycles. The minimum atomic E-state index is -0.118. The van der Waals surface area contributed by atoms with Crippen LogP contribution in [0.2, 0.25) is 0 Å². The zero-order valence-electron chi connectivity index (χ0n) is 13.8. The maximum atomic E-state index is 12.0. The lowest BCUT2D eigenvalue weighted by Gasteiger charge is -2.02. The predicted molar refractivity (Wildman–Crippen MR) is 103 cm³/mol. The van der Waals surface area contributed by atoms with Crippen molar-refractivity contribution in [3.05, 3.63) is 82.8 Å². The van der Waals surface area contributed by atoms with E-state index >= 15 is 0 Å². The van der Waals surface area contributed by atoms with Crippen molar-refractivity contribution in [3.8, 4) is 5.75 Å². The molecule has 0 aromatic heterocycles. The molecule has 2 aromatic rings. The number of carbonyl (C=O) groups is 1. The second kappa shape index (κ2) is 8.35. The highest BCUT2D eigenvalue weighted by Gasteiger charge is 2.22. The van der Waals surface area contributed by atoms with Gasteiger partial charge in [0.2, 0.25) is 0 Å². The zero-order valence-corrected chi connectivity index (χ0v) is 14.6. The van der Waals surface area contributed by atoms with E-state index in [1.54, 1.807) is 13.2 Å². The molecule has 0 radical (unpaired) electrons. The Morgan fingerprint density at radius 3 is 2.80 bits per heavy atom. The third kappa shape index (κ3) is 4.84. The Morgan fingerprint density at radius 1 is 1.16 bits per heavy atom. The molecule has 0 atom stereocenters. The van der Waals surface area contributed by atoms with Gasteiger partial charge in [0.15, 0.2) is 5.17 Å². The van der Waals surface area contributed by atoms with Crippen LogP contribution in [-0.4, -0.2) is 18.2 Å². The van der Waals surface area contributed by atoms with Crippen molar-refractivity contribution >= 4 is 28.9 Å². The minimum absolute atomic E-state index is 0.118. The van der Waals surface area contributed by atoms with Crippen molar-refractivity contribution in [2.24, 2.45) is 4.99 Å². The molecule has 0 aliphatic carbocycles. The Hall–Kier alpha value is -2.79. The molecule has 5 heteroatoms. The lowest BCUT2D eigenvalue weighted by atomic mass is 10.2. The van der Waals surface area contributed by atoms with Crippen LogP contribution in [0.3, 0.4) is 0 Å². The lowest BCUT2D eigenvalue weighted by Crippen LogP contribution is -2.19. The Bertz CT molecular complexity index is 842. The lowest BCUT2D eigenvalue weighted by molar-refractivity contribution is -0.115. The molecule has 3 rings (SSSR count). The summed E-state index contributed by atoms with van der Waals surface area (Å²) in [5, 5.41) is 3.41. The predicted octanol–water partition coefficient (Wildman–Crippen LogP) is 4.01. The summed E-state index contributed by atoms with van der Waals surface area (Å²) in [7, 11) is 1.64. The first-order valence-corrected chi connectivity index (χ1v) is 8.66. The van der Waals surface area contributed by atoms with Crippen LogP contribution in [-0.2, 0) is 11.3 Å². The number of ether oxygens (including phenoxy) is 1. The maximum Gasteiger partial charge on any atom is 0.264 e. The Morgan fingerprint density at radius 2 is 2.00 bits per heavy atom. The number of hydrogen-bond acceptors (Lipinski definition) is 4. The highest BCUT2D eigenvalue weighted by Crippen LogP contribution is 2.24. The normalized spacial score (nSPS) is 17.4. The van der Waals surface area contributed by atoms with Gasteiger partial charge in [0.25, 0.3) is 5.91 Å². The quantitative estimate of drug-likeness (QED) is 0.829. The minimum Gasteiger partial charge on any atom is -0.497 e. The highest BCUT2D eigenvalue weighted by atomic mass is 32.2.